The average molecular weight is 426 g/mol. The van der Waals surface area contributed by atoms with Crippen LogP contribution < -0.4 is 4.72 Å². The van der Waals surface area contributed by atoms with Crippen LogP contribution in [0.2, 0.25) is 10.0 Å². The zero-order valence-electron chi connectivity index (χ0n) is 14.1. The van der Waals surface area contributed by atoms with Gasteiger partial charge in [-0.05, 0) is 20.8 Å². The Morgan fingerprint density at radius 3 is 2.27 bits per heavy atom. The zero-order chi connectivity index (χ0) is 19.7. The minimum Gasteiger partial charge on any atom is -0.598 e. The molecule has 2 aromatic rings. The lowest BCUT2D eigenvalue weighted by molar-refractivity contribution is -0.153. The smallest absolute Gasteiger partial charge is 0.412 e. The van der Waals surface area contributed by atoms with Crippen molar-refractivity contribution in [2.45, 2.75) is 37.7 Å². The summed E-state index contributed by atoms with van der Waals surface area (Å²) in [5, 5.41) is -0.363. The third-order valence-electron chi connectivity index (χ3n) is 3.37. The molecule has 2 atom stereocenters. The maximum atomic E-state index is 13.6. The van der Waals surface area contributed by atoms with Gasteiger partial charge in [0, 0.05) is 34.9 Å². The van der Waals surface area contributed by atoms with Gasteiger partial charge < -0.3 is 4.55 Å². The van der Waals surface area contributed by atoms with E-state index in [-0.39, 0.29) is 15.6 Å². The van der Waals surface area contributed by atoms with Crippen LogP contribution in [0, 0.1) is 0 Å². The largest absolute Gasteiger partial charge is 0.598 e. The van der Waals surface area contributed by atoms with Gasteiger partial charge >= 0.3 is 6.18 Å². The highest BCUT2D eigenvalue weighted by Gasteiger charge is 2.47. The van der Waals surface area contributed by atoms with Crippen LogP contribution in [0.3, 0.4) is 0 Å². The first kappa shape index (κ1) is 21.2. The van der Waals surface area contributed by atoms with E-state index in [0.717, 1.165) is 0 Å². The molecule has 10 heteroatoms. The summed E-state index contributed by atoms with van der Waals surface area (Å²) in [6.07, 6.45) is -0.411. The summed E-state index contributed by atoms with van der Waals surface area (Å²) in [7, 11) is 0. The fourth-order valence-electron chi connectivity index (χ4n) is 2.01. The van der Waals surface area contributed by atoms with Gasteiger partial charge in [0.25, 0.3) is 0 Å². The van der Waals surface area contributed by atoms with Crippen LogP contribution in [0.1, 0.15) is 32.4 Å². The number of halogens is 5. The molecule has 1 aromatic carbocycles. The van der Waals surface area contributed by atoms with Crippen molar-refractivity contribution in [2.75, 3.05) is 0 Å². The highest BCUT2D eigenvalue weighted by molar-refractivity contribution is 7.90. The van der Waals surface area contributed by atoms with E-state index in [4.69, 9.17) is 23.2 Å². The fraction of sp³-hybridized carbons (Fsp3) is 0.375. The second kappa shape index (κ2) is 7.90. The maximum absolute atomic E-state index is 13.6. The van der Waals surface area contributed by atoms with Gasteiger partial charge in [-0.3, -0.25) is 9.97 Å². The van der Waals surface area contributed by atoms with Crippen LogP contribution in [-0.4, -0.2) is 25.4 Å². The Labute approximate surface area is 162 Å². The molecule has 0 aliphatic heterocycles. The summed E-state index contributed by atoms with van der Waals surface area (Å²) in [4.78, 5) is 7.96. The molecule has 0 fully saturated rings. The van der Waals surface area contributed by atoms with Crippen LogP contribution in [0.25, 0.3) is 11.3 Å². The minimum absolute atomic E-state index is 0.0812. The molecule has 1 unspecified atom stereocenters. The SMILES string of the molecule is CC(C)(C)[S@+]([O-])NC(c1ccc(-c2cnccn2)c(Cl)c1Cl)C(F)(F)F. The Balaban J connectivity index is 2.48. The van der Waals surface area contributed by atoms with Crippen LogP contribution >= 0.6 is 23.2 Å². The summed E-state index contributed by atoms with van der Waals surface area (Å²) in [6.45, 7) is 4.69. The van der Waals surface area contributed by atoms with E-state index in [1.807, 2.05) is 0 Å². The van der Waals surface area contributed by atoms with Crippen molar-refractivity contribution in [3.8, 4) is 11.3 Å². The average Bonchev–Trinajstić information content (AvgIpc) is 2.54. The van der Waals surface area contributed by atoms with E-state index in [0.29, 0.717) is 11.3 Å². The topological polar surface area (TPSA) is 60.9 Å². The van der Waals surface area contributed by atoms with Crippen LogP contribution in [0.4, 0.5) is 13.2 Å². The molecule has 26 heavy (non-hydrogen) atoms. The molecule has 1 heterocycles. The molecular formula is C16H16Cl2F3N3OS. The number of hydrogen-bond acceptors (Lipinski definition) is 4. The van der Waals surface area contributed by atoms with Gasteiger partial charge in [-0.15, -0.1) is 4.72 Å². The molecule has 1 N–H and O–H groups in total. The predicted molar refractivity (Wildman–Crippen MR) is 97.3 cm³/mol. The molecule has 0 aliphatic carbocycles. The Morgan fingerprint density at radius 1 is 1.12 bits per heavy atom. The fourth-order valence-corrected chi connectivity index (χ4v) is 3.38. The number of nitrogens with one attached hydrogen (secondary N) is 1. The van der Waals surface area contributed by atoms with E-state index in [1.165, 1.54) is 30.7 Å². The zero-order valence-corrected chi connectivity index (χ0v) is 16.4. The van der Waals surface area contributed by atoms with Crippen molar-refractivity contribution in [3.63, 3.8) is 0 Å². The Bertz CT molecular complexity index is 770. The van der Waals surface area contributed by atoms with Gasteiger partial charge in [0.15, 0.2) is 6.04 Å². The van der Waals surface area contributed by atoms with Crippen LogP contribution in [0.5, 0.6) is 0 Å². The number of benzene rings is 1. The summed E-state index contributed by atoms with van der Waals surface area (Å²) >= 11 is 10.3. The molecule has 0 aliphatic rings. The number of aromatic nitrogens is 2. The van der Waals surface area contributed by atoms with Gasteiger partial charge in [0.05, 0.1) is 21.9 Å². The Kier molecular flexibility index (Phi) is 6.45. The minimum atomic E-state index is -4.72. The second-order valence-corrected chi connectivity index (χ2v) is 9.15. The highest BCUT2D eigenvalue weighted by Crippen LogP contribution is 2.42. The number of alkyl halides is 3. The van der Waals surface area contributed by atoms with Gasteiger partial charge in [-0.1, -0.05) is 35.3 Å². The van der Waals surface area contributed by atoms with E-state index in [2.05, 4.69) is 14.7 Å². The van der Waals surface area contributed by atoms with Crippen molar-refractivity contribution in [3.05, 3.63) is 46.3 Å². The monoisotopic (exact) mass is 425 g/mol. The van der Waals surface area contributed by atoms with Crippen molar-refractivity contribution in [1.82, 2.24) is 14.7 Å². The number of hydrogen-bond donors (Lipinski definition) is 1. The molecule has 2 rings (SSSR count). The van der Waals surface area contributed by atoms with E-state index < -0.39 is 28.3 Å². The quantitative estimate of drug-likeness (QED) is 0.691. The summed E-state index contributed by atoms with van der Waals surface area (Å²) in [5.41, 5.74) is 0.418. The lowest BCUT2D eigenvalue weighted by atomic mass is 10.0. The van der Waals surface area contributed by atoms with Gasteiger partial charge in [-0.2, -0.15) is 13.2 Å². The molecule has 142 valence electrons. The lowest BCUT2D eigenvalue weighted by Crippen LogP contribution is -2.45. The standard InChI is InChI=1S/C16H16Cl2F3N3OS/c1-15(2,3)26(25)24-14(16(19,20)21)10-5-4-9(12(17)13(10)18)11-8-22-6-7-23-11/h4-8,14,24H,1-3H3/t14?,26-/m0/s1. The second-order valence-electron chi connectivity index (χ2n) is 6.39. The molecule has 0 amide bonds. The van der Waals surface area contributed by atoms with E-state index in [1.54, 1.807) is 20.8 Å². The normalized spacial score (nSPS) is 15.0. The van der Waals surface area contributed by atoms with Gasteiger partial charge in [0.1, 0.15) is 4.75 Å². The molecule has 0 radical (unpaired) electrons. The summed E-state index contributed by atoms with van der Waals surface area (Å²) in [6, 6.07) is 0.348. The highest BCUT2D eigenvalue weighted by atomic mass is 35.5. The van der Waals surface area contributed by atoms with Gasteiger partial charge in [0.2, 0.25) is 0 Å². The van der Waals surface area contributed by atoms with Gasteiger partial charge in [-0.25, -0.2) is 0 Å². The maximum Gasteiger partial charge on any atom is 0.412 e. The third kappa shape index (κ3) is 4.80. The Morgan fingerprint density at radius 2 is 1.77 bits per heavy atom. The van der Waals surface area contributed by atoms with Crippen molar-refractivity contribution in [1.29, 1.82) is 0 Å². The summed E-state index contributed by atoms with van der Waals surface area (Å²) < 4.78 is 54.1. The molecule has 4 nitrogen and oxygen atoms in total. The lowest BCUT2D eigenvalue weighted by Gasteiger charge is -2.29. The molecule has 0 saturated heterocycles. The molecule has 0 saturated carbocycles. The first-order chi connectivity index (χ1) is 11.9. The number of nitrogens with zero attached hydrogens (tertiary/aromatic N) is 2. The van der Waals surface area contributed by atoms with Crippen molar-refractivity contribution >= 4 is 34.6 Å². The molecular weight excluding hydrogens is 410 g/mol. The summed E-state index contributed by atoms with van der Waals surface area (Å²) in [5.74, 6) is 0. The van der Waals surface area contributed by atoms with E-state index >= 15 is 0 Å². The van der Waals surface area contributed by atoms with Crippen LogP contribution in [-0.2, 0) is 11.4 Å². The first-order valence-electron chi connectivity index (χ1n) is 7.42. The molecule has 1 aromatic heterocycles. The van der Waals surface area contributed by atoms with Crippen molar-refractivity contribution in [2.24, 2.45) is 0 Å². The Hall–Kier alpha value is -1.06. The first-order valence-corrected chi connectivity index (χ1v) is 9.32. The third-order valence-corrected chi connectivity index (χ3v) is 5.83. The molecule has 0 bridgehead atoms. The molecule has 0 spiro atoms. The van der Waals surface area contributed by atoms with Crippen LogP contribution in [0.15, 0.2) is 30.7 Å². The number of rotatable bonds is 4. The van der Waals surface area contributed by atoms with Crippen molar-refractivity contribution < 1.29 is 17.7 Å². The predicted octanol–water partition coefficient (Wildman–Crippen LogP) is 5.11. The van der Waals surface area contributed by atoms with E-state index in [9.17, 15) is 17.7 Å².